The molecule has 1 aliphatic rings. The van der Waals surface area contributed by atoms with Crippen LogP contribution in [0.2, 0.25) is 0 Å². The fourth-order valence-electron chi connectivity index (χ4n) is 3.03. The molecule has 0 bridgehead atoms. The molecule has 1 N–H and O–H groups in total. The number of aryl methyl sites for hydroxylation is 2. The Balaban J connectivity index is 1.50. The van der Waals surface area contributed by atoms with Crippen LogP contribution in [0.1, 0.15) is 16.7 Å². The lowest BCUT2D eigenvalue weighted by Gasteiger charge is -2.39. The summed E-state index contributed by atoms with van der Waals surface area (Å²) in [6.07, 6.45) is 0.263. The Morgan fingerprint density at radius 1 is 1.08 bits per heavy atom. The third-order valence-electron chi connectivity index (χ3n) is 4.28. The fraction of sp³-hybridized carbons (Fsp3) is 0.400. The van der Waals surface area contributed by atoms with Crippen LogP contribution in [0.25, 0.3) is 0 Å². The van der Waals surface area contributed by atoms with Crippen molar-refractivity contribution >= 4 is 0 Å². The van der Waals surface area contributed by atoms with Crippen molar-refractivity contribution in [2.75, 3.05) is 26.3 Å². The van der Waals surface area contributed by atoms with E-state index in [1.807, 2.05) is 18.2 Å². The average molecular weight is 327 g/mol. The lowest BCUT2D eigenvalue weighted by Crippen LogP contribution is -2.53. The molecule has 0 aromatic heterocycles. The fourth-order valence-corrected chi connectivity index (χ4v) is 3.03. The Morgan fingerprint density at radius 3 is 2.50 bits per heavy atom. The van der Waals surface area contributed by atoms with Crippen LogP contribution < -0.4 is 9.47 Å². The van der Waals surface area contributed by atoms with Gasteiger partial charge < -0.3 is 14.6 Å². The monoisotopic (exact) mass is 327 g/mol. The van der Waals surface area contributed by atoms with Crippen LogP contribution in [0, 0.1) is 13.8 Å². The van der Waals surface area contributed by atoms with Gasteiger partial charge in [0, 0.05) is 19.6 Å². The predicted octanol–water partition coefficient (Wildman–Crippen LogP) is 2.94. The van der Waals surface area contributed by atoms with E-state index in [9.17, 15) is 0 Å². The van der Waals surface area contributed by atoms with Crippen molar-refractivity contribution in [2.24, 2.45) is 0 Å². The van der Waals surface area contributed by atoms with Gasteiger partial charge in [-0.05, 0) is 42.7 Å². The molecule has 1 aliphatic heterocycles. The largest absolute Gasteiger partial charge is 0.491 e. The van der Waals surface area contributed by atoms with E-state index in [0.717, 1.165) is 31.1 Å². The van der Waals surface area contributed by atoms with Gasteiger partial charge in [-0.2, -0.15) is 0 Å². The van der Waals surface area contributed by atoms with Crippen LogP contribution in [-0.2, 0) is 6.54 Å². The number of likely N-dealkylation sites (tertiary alicyclic amines) is 1. The Morgan fingerprint density at radius 2 is 1.79 bits per heavy atom. The summed E-state index contributed by atoms with van der Waals surface area (Å²) < 4.78 is 11.6. The molecule has 0 saturated carbocycles. The first kappa shape index (κ1) is 16.8. The van der Waals surface area contributed by atoms with Crippen LogP contribution in [0.4, 0.5) is 0 Å². The molecule has 1 heterocycles. The van der Waals surface area contributed by atoms with Crippen LogP contribution in [0.3, 0.4) is 0 Å². The number of rotatable bonds is 7. The normalized spacial score (nSPS) is 15.1. The number of aliphatic hydroxyl groups excluding tert-OH is 1. The third-order valence-corrected chi connectivity index (χ3v) is 4.28. The standard InChI is InChI=1S/C20H25NO3/c1-15-5-3-6-16(2)20(15)24-19-13-21(14-19)12-17-7-4-8-18(11-17)23-10-9-22/h3-8,11,19,22H,9-10,12-14H2,1-2H3. The average Bonchev–Trinajstić information content (AvgIpc) is 2.54. The number of aliphatic hydroxyl groups is 1. The second-order valence-electron chi connectivity index (χ2n) is 6.37. The summed E-state index contributed by atoms with van der Waals surface area (Å²) in [7, 11) is 0. The van der Waals surface area contributed by atoms with E-state index >= 15 is 0 Å². The summed E-state index contributed by atoms with van der Waals surface area (Å²) in [5, 5.41) is 8.83. The minimum Gasteiger partial charge on any atom is -0.491 e. The Bertz CT molecular complexity index is 660. The maximum absolute atomic E-state index is 8.83. The Labute approximate surface area is 143 Å². The summed E-state index contributed by atoms with van der Waals surface area (Å²) in [5.74, 6) is 1.84. The quantitative estimate of drug-likeness (QED) is 0.849. The summed E-state index contributed by atoms with van der Waals surface area (Å²) in [6.45, 7) is 7.33. The van der Waals surface area contributed by atoms with E-state index < -0.39 is 0 Å². The number of hydrogen-bond acceptors (Lipinski definition) is 4. The van der Waals surface area contributed by atoms with Crippen molar-refractivity contribution in [2.45, 2.75) is 26.5 Å². The van der Waals surface area contributed by atoms with E-state index in [4.69, 9.17) is 14.6 Å². The molecule has 2 aromatic rings. The van der Waals surface area contributed by atoms with Gasteiger partial charge in [0.2, 0.25) is 0 Å². The minimum atomic E-state index is 0.0354. The van der Waals surface area contributed by atoms with E-state index in [1.54, 1.807) is 0 Å². The summed E-state index contributed by atoms with van der Waals surface area (Å²) in [4.78, 5) is 2.36. The van der Waals surface area contributed by atoms with Crippen LogP contribution in [0.15, 0.2) is 42.5 Å². The lowest BCUT2D eigenvalue weighted by molar-refractivity contribution is 0.0137. The van der Waals surface area contributed by atoms with Gasteiger partial charge in [0.25, 0.3) is 0 Å². The number of benzene rings is 2. The number of para-hydroxylation sites is 1. The smallest absolute Gasteiger partial charge is 0.125 e. The first-order valence-electron chi connectivity index (χ1n) is 8.43. The van der Waals surface area contributed by atoms with E-state index in [1.165, 1.54) is 16.7 Å². The Kier molecular flexibility index (Phi) is 5.38. The van der Waals surface area contributed by atoms with E-state index in [2.05, 4.69) is 43.0 Å². The van der Waals surface area contributed by atoms with Crippen molar-refractivity contribution in [1.82, 2.24) is 4.90 Å². The maximum atomic E-state index is 8.83. The van der Waals surface area contributed by atoms with Crippen LogP contribution >= 0.6 is 0 Å². The molecule has 3 rings (SSSR count). The predicted molar refractivity (Wildman–Crippen MR) is 94.6 cm³/mol. The molecule has 0 amide bonds. The molecule has 0 unspecified atom stereocenters. The topological polar surface area (TPSA) is 41.9 Å². The maximum Gasteiger partial charge on any atom is 0.125 e. The van der Waals surface area contributed by atoms with E-state index in [0.29, 0.717) is 6.61 Å². The number of nitrogens with zero attached hydrogens (tertiary/aromatic N) is 1. The van der Waals surface area contributed by atoms with Gasteiger partial charge in [0.1, 0.15) is 24.2 Å². The molecule has 4 heteroatoms. The number of ether oxygens (including phenoxy) is 2. The van der Waals surface area contributed by atoms with Gasteiger partial charge in [0.05, 0.1) is 6.61 Å². The highest BCUT2D eigenvalue weighted by Gasteiger charge is 2.29. The van der Waals surface area contributed by atoms with Crippen molar-refractivity contribution in [3.63, 3.8) is 0 Å². The van der Waals surface area contributed by atoms with E-state index in [-0.39, 0.29) is 12.7 Å². The van der Waals surface area contributed by atoms with Crippen molar-refractivity contribution < 1.29 is 14.6 Å². The molecule has 0 atom stereocenters. The zero-order chi connectivity index (χ0) is 16.9. The first-order valence-corrected chi connectivity index (χ1v) is 8.43. The second-order valence-corrected chi connectivity index (χ2v) is 6.37. The molecule has 2 aromatic carbocycles. The van der Waals surface area contributed by atoms with Crippen LogP contribution in [-0.4, -0.2) is 42.4 Å². The molecule has 0 aliphatic carbocycles. The minimum absolute atomic E-state index is 0.0354. The molecule has 4 nitrogen and oxygen atoms in total. The molecule has 24 heavy (non-hydrogen) atoms. The summed E-state index contributed by atoms with van der Waals surface area (Å²) in [6, 6.07) is 14.3. The molecule has 0 radical (unpaired) electrons. The lowest BCUT2D eigenvalue weighted by atomic mass is 10.1. The van der Waals surface area contributed by atoms with Crippen molar-refractivity contribution in [3.8, 4) is 11.5 Å². The number of hydrogen-bond donors (Lipinski definition) is 1. The molecular formula is C20H25NO3. The highest BCUT2D eigenvalue weighted by atomic mass is 16.5. The molecule has 1 fully saturated rings. The summed E-state index contributed by atoms with van der Waals surface area (Å²) in [5.41, 5.74) is 3.61. The first-order chi connectivity index (χ1) is 11.7. The molecule has 128 valence electrons. The van der Waals surface area contributed by atoms with Crippen molar-refractivity contribution in [1.29, 1.82) is 0 Å². The SMILES string of the molecule is Cc1cccc(C)c1OC1CN(Cc2cccc(OCCO)c2)C1. The van der Waals surface area contributed by atoms with Gasteiger partial charge in [0.15, 0.2) is 0 Å². The van der Waals surface area contributed by atoms with Gasteiger partial charge >= 0.3 is 0 Å². The summed E-state index contributed by atoms with van der Waals surface area (Å²) >= 11 is 0. The molecule has 1 saturated heterocycles. The zero-order valence-corrected chi connectivity index (χ0v) is 14.4. The van der Waals surface area contributed by atoms with Gasteiger partial charge in [-0.3, -0.25) is 4.90 Å². The Hall–Kier alpha value is -2.04. The zero-order valence-electron chi connectivity index (χ0n) is 14.4. The van der Waals surface area contributed by atoms with Gasteiger partial charge in [-0.1, -0.05) is 30.3 Å². The molecule has 0 spiro atoms. The van der Waals surface area contributed by atoms with Gasteiger partial charge in [-0.15, -0.1) is 0 Å². The van der Waals surface area contributed by atoms with Crippen molar-refractivity contribution in [3.05, 3.63) is 59.2 Å². The third kappa shape index (κ3) is 4.08. The highest BCUT2D eigenvalue weighted by Crippen LogP contribution is 2.27. The molecular weight excluding hydrogens is 302 g/mol. The highest BCUT2D eigenvalue weighted by molar-refractivity contribution is 5.40. The second kappa shape index (κ2) is 7.69. The van der Waals surface area contributed by atoms with Crippen LogP contribution in [0.5, 0.6) is 11.5 Å². The van der Waals surface area contributed by atoms with Gasteiger partial charge in [-0.25, -0.2) is 0 Å².